The Bertz CT molecular complexity index is 709. The van der Waals surface area contributed by atoms with Gasteiger partial charge >= 0.3 is 0 Å². The Hall–Kier alpha value is -2.17. The second-order valence-electron chi connectivity index (χ2n) is 7.78. The number of rotatable bonds is 4. The normalized spacial score (nSPS) is 30.1. The Morgan fingerprint density at radius 3 is 2.20 bits per heavy atom. The number of hydrogen-bond acceptors (Lipinski definition) is 3. The van der Waals surface area contributed by atoms with E-state index in [9.17, 15) is 14.4 Å². The maximum Gasteiger partial charge on any atom is 0.233 e. The van der Waals surface area contributed by atoms with Crippen LogP contribution in [0.15, 0.2) is 18.2 Å². The number of para-hydroxylation sites is 1. The van der Waals surface area contributed by atoms with E-state index < -0.39 is 0 Å². The van der Waals surface area contributed by atoms with Crippen LogP contribution in [0, 0.1) is 37.5 Å². The number of nitrogens with zero attached hydrogens (tertiary/aromatic N) is 1. The summed E-state index contributed by atoms with van der Waals surface area (Å²) in [5.74, 6) is 0.336. The van der Waals surface area contributed by atoms with Crippen molar-refractivity contribution in [2.45, 2.75) is 39.5 Å². The van der Waals surface area contributed by atoms with Gasteiger partial charge in [0.1, 0.15) is 0 Å². The van der Waals surface area contributed by atoms with Gasteiger partial charge in [0, 0.05) is 18.7 Å². The van der Waals surface area contributed by atoms with E-state index in [1.165, 1.54) is 4.90 Å². The molecule has 2 bridgehead atoms. The van der Waals surface area contributed by atoms with E-state index in [2.05, 4.69) is 5.32 Å². The van der Waals surface area contributed by atoms with Gasteiger partial charge in [-0.25, -0.2) is 0 Å². The number of likely N-dealkylation sites (tertiary alicyclic amines) is 1. The van der Waals surface area contributed by atoms with Crippen LogP contribution in [-0.2, 0) is 14.4 Å². The molecule has 0 unspecified atom stereocenters. The van der Waals surface area contributed by atoms with Crippen LogP contribution in [0.4, 0.5) is 5.69 Å². The smallest absolute Gasteiger partial charge is 0.233 e. The Balaban J connectivity index is 1.39. The minimum atomic E-state index is -0.155. The van der Waals surface area contributed by atoms with Gasteiger partial charge in [-0.05, 0) is 56.1 Å². The molecule has 3 fully saturated rings. The number of carbonyl (C=O) groups excluding carboxylic acids is 3. The highest BCUT2D eigenvalue weighted by Gasteiger charge is 2.60. The maximum absolute atomic E-state index is 12.6. The van der Waals surface area contributed by atoms with Gasteiger partial charge in [-0.3, -0.25) is 19.3 Å². The molecule has 0 aromatic heterocycles. The average molecular weight is 340 g/mol. The third-order valence-corrected chi connectivity index (χ3v) is 6.33. The zero-order valence-corrected chi connectivity index (χ0v) is 14.7. The zero-order chi connectivity index (χ0) is 17.7. The summed E-state index contributed by atoms with van der Waals surface area (Å²) in [6, 6.07) is 5.86. The fourth-order valence-electron chi connectivity index (χ4n) is 5.12. The summed E-state index contributed by atoms with van der Waals surface area (Å²) in [7, 11) is 0. The number of aryl methyl sites for hydroxylation is 2. The van der Waals surface area contributed by atoms with Gasteiger partial charge < -0.3 is 5.32 Å². The van der Waals surface area contributed by atoms with Crippen molar-refractivity contribution in [3.63, 3.8) is 0 Å². The molecule has 1 aromatic carbocycles. The minimum Gasteiger partial charge on any atom is -0.326 e. The van der Waals surface area contributed by atoms with Gasteiger partial charge in [-0.15, -0.1) is 0 Å². The topological polar surface area (TPSA) is 66.5 Å². The lowest BCUT2D eigenvalue weighted by Crippen LogP contribution is -2.35. The molecule has 2 saturated carbocycles. The van der Waals surface area contributed by atoms with Crippen molar-refractivity contribution in [2.75, 3.05) is 11.9 Å². The molecule has 5 heteroatoms. The Labute approximate surface area is 147 Å². The molecule has 25 heavy (non-hydrogen) atoms. The monoisotopic (exact) mass is 340 g/mol. The zero-order valence-electron chi connectivity index (χ0n) is 14.7. The molecule has 132 valence electrons. The van der Waals surface area contributed by atoms with Crippen molar-refractivity contribution in [1.82, 2.24) is 4.90 Å². The first-order valence-electron chi connectivity index (χ1n) is 9.18. The third kappa shape index (κ3) is 2.57. The number of benzene rings is 1. The molecule has 3 aliphatic rings. The van der Waals surface area contributed by atoms with E-state index >= 15 is 0 Å². The van der Waals surface area contributed by atoms with Gasteiger partial charge in [0.15, 0.2) is 0 Å². The lowest BCUT2D eigenvalue weighted by molar-refractivity contribution is -0.140. The molecule has 5 nitrogen and oxygen atoms in total. The van der Waals surface area contributed by atoms with Crippen molar-refractivity contribution < 1.29 is 14.4 Å². The molecule has 0 radical (unpaired) electrons. The van der Waals surface area contributed by atoms with Crippen molar-refractivity contribution in [3.8, 4) is 0 Å². The first-order valence-corrected chi connectivity index (χ1v) is 9.18. The molecule has 2 aliphatic carbocycles. The lowest BCUT2D eigenvalue weighted by atomic mass is 9.81. The van der Waals surface area contributed by atoms with Crippen LogP contribution in [0.1, 0.15) is 36.8 Å². The second kappa shape index (κ2) is 5.97. The Morgan fingerprint density at radius 1 is 1.08 bits per heavy atom. The van der Waals surface area contributed by atoms with Crippen LogP contribution in [0.2, 0.25) is 0 Å². The van der Waals surface area contributed by atoms with E-state index in [1.807, 2.05) is 32.0 Å². The van der Waals surface area contributed by atoms with E-state index in [0.29, 0.717) is 11.8 Å². The summed E-state index contributed by atoms with van der Waals surface area (Å²) < 4.78 is 0. The number of hydrogen-bond donors (Lipinski definition) is 1. The van der Waals surface area contributed by atoms with Gasteiger partial charge in [0.05, 0.1) is 11.8 Å². The predicted molar refractivity (Wildman–Crippen MR) is 93.7 cm³/mol. The van der Waals surface area contributed by atoms with E-state index in [-0.39, 0.29) is 42.5 Å². The molecule has 4 atom stereocenters. The summed E-state index contributed by atoms with van der Waals surface area (Å²) in [6.45, 7) is 4.10. The van der Waals surface area contributed by atoms with Crippen molar-refractivity contribution in [1.29, 1.82) is 0 Å². The van der Waals surface area contributed by atoms with Crippen LogP contribution in [0.25, 0.3) is 0 Å². The Kier molecular flexibility index (Phi) is 3.89. The second-order valence-corrected chi connectivity index (χ2v) is 7.78. The number of imide groups is 1. The summed E-state index contributed by atoms with van der Waals surface area (Å²) >= 11 is 0. The molecule has 1 N–H and O–H groups in total. The molecular formula is C20H24N2O3. The van der Waals surface area contributed by atoms with E-state index in [1.54, 1.807) is 0 Å². The van der Waals surface area contributed by atoms with E-state index in [4.69, 9.17) is 0 Å². The van der Waals surface area contributed by atoms with Crippen molar-refractivity contribution in [3.05, 3.63) is 29.3 Å². The maximum atomic E-state index is 12.6. The van der Waals surface area contributed by atoms with Crippen molar-refractivity contribution >= 4 is 23.4 Å². The minimum absolute atomic E-state index is 0.0397. The largest absolute Gasteiger partial charge is 0.326 e. The molecule has 1 saturated heterocycles. The molecule has 1 aliphatic heterocycles. The number of carbonyl (C=O) groups is 3. The molecule has 1 aromatic rings. The quantitative estimate of drug-likeness (QED) is 0.857. The van der Waals surface area contributed by atoms with Crippen LogP contribution >= 0.6 is 0 Å². The molecule has 3 amide bonds. The average Bonchev–Trinajstić information content (AvgIpc) is 3.24. The first-order chi connectivity index (χ1) is 12.0. The number of amides is 3. The molecular weight excluding hydrogens is 316 g/mol. The first kappa shape index (κ1) is 16.3. The summed E-state index contributed by atoms with van der Waals surface area (Å²) in [6.07, 6.45) is 3.34. The lowest BCUT2D eigenvalue weighted by Gasteiger charge is -2.19. The molecule has 4 rings (SSSR count). The fourth-order valence-corrected chi connectivity index (χ4v) is 5.12. The van der Waals surface area contributed by atoms with Gasteiger partial charge in [-0.1, -0.05) is 18.2 Å². The highest BCUT2D eigenvalue weighted by Crippen LogP contribution is 2.56. The van der Waals surface area contributed by atoms with Gasteiger partial charge in [0.25, 0.3) is 0 Å². The summed E-state index contributed by atoms with van der Waals surface area (Å²) in [5, 5.41) is 2.92. The third-order valence-electron chi connectivity index (χ3n) is 6.33. The highest BCUT2D eigenvalue weighted by molar-refractivity contribution is 6.06. The number of nitrogens with one attached hydrogen (secondary N) is 1. The SMILES string of the molecule is Cc1cccc(C)c1NC(=O)CCN1C(=O)[C@@H]2[C@@H]3CC[C@@H](C3)[C@@H]2C1=O. The fraction of sp³-hybridized carbons (Fsp3) is 0.550. The van der Waals surface area contributed by atoms with Crippen molar-refractivity contribution in [2.24, 2.45) is 23.7 Å². The number of fused-ring (bicyclic) bond motifs is 5. The highest BCUT2D eigenvalue weighted by atomic mass is 16.2. The van der Waals surface area contributed by atoms with Crippen LogP contribution in [-0.4, -0.2) is 29.2 Å². The van der Waals surface area contributed by atoms with Gasteiger partial charge in [0.2, 0.25) is 17.7 Å². The van der Waals surface area contributed by atoms with Crippen LogP contribution < -0.4 is 5.32 Å². The predicted octanol–water partition coefficient (Wildman–Crippen LogP) is 2.66. The Morgan fingerprint density at radius 2 is 1.64 bits per heavy atom. The molecule has 1 heterocycles. The van der Waals surface area contributed by atoms with Crippen LogP contribution in [0.5, 0.6) is 0 Å². The van der Waals surface area contributed by atoms with E-state index in [0.717, 1.165) is 36.1 Å². The number of anilines is 1. The summed E-state index contributed by atoms with van der Waals surface area (Å²) in [4.78, 5) is 38.9. The van der Waals surface area contributed by atoms with Gasteiger partial charge in [-0.2, -0.15) is 0 Å². The summed E-state index contributed by atoms with van der Waals surface area (Å²) in [5.41, 5.74) is 2.84. The van der Waals surface area contributed by atoms with Crippen LogP contribution in [0.3, 0.4) is 0 Å². The molecule has 0 spiro atoms. The standard InChI is InChI=1S/C20H24N2O3/c1-11-4-3-5-12(2)18(11)21-15(23)8-9-22-19(24)16-13-6-7-14(10-13)17(16)20(22)25/h3-5,13-14,16-17H,6-10H2,1-2H3,(H,21,23)/t13-,14+,16-,17+.